The summed E-state index contributed by atoms with van der Waals surface area (Å²) < 4.78 is 38.3. The highest BCUT2D eigenvalue weighted by Crippen LogP contribution is 2.23. The maximum absolute atomic E-state index is 12.9. The zero-order chi connectivity index (χ0) is 27.7. The fourth-order valence-corrected chi connectivity index (χ4v) is 5.61. The average molecular weight is 549 g/mol. The summed E-state index contributed by atoms with van der Waals surface area (Å²) in [6.07, 6.45) is 5.53. The molecule has 8 nitrogen and oxygen atoms in total. The number of amides is 1. The van der Waals surface area contributed by atoms with Gasteiger partial charge in [0.25, 0.3) is 5.91 Å². The Labute approximate surface area is 229 Å². The van der Waals surface area contributed by atoms with Crippen molar-refractivity contribution in [3.8, 4) is 11.5 Å². The van der Waals surface area contributed by atoms with Crippen molar-refractivity contribution < 1.29 is 27.5 Å². The topological polar surface area (TPSA) is 102 Å². The summed E-state index contributed by atoms with van der Waals surface area (Å²) in [5.74, 6) is 0.162. The van der Waals surface area contributed by atoms with Crippen LogP contribution >= 0.6 is 0 Å². The number of ether oxygens (including phenoxy) is 2. The molecular formula is C30H32N2O6S. The molecule has 4 rings (SSSR count). The molecule has 3 aromatic rings. The second-order valence-electron chi connectivity index (χ2n) is 9.23. The molecule has 0 bridgehead atoms. The summed E-state index contributed by atoms with van der Waals surface area (Å²) >= 11 is 0. The van der Waals surface area contributed by atoms with Crippen molar-refractivity contribution in [2.45, 2.75) is 43.6 Å². The molecule has 1 aliphatic rings. The third-order valence-corrected chi connectivity index (χ3v) is 8.17. The molecule has 39 heavy (non-hydrogen) atoms. The Hall–Kier alpha value is -3.95. The normalized spacial score (nSPS) is 15.3. The molecule has 9 heteroatoms. The molecule has 1 amide bonds. The number of nitrogens with one attached hydrogen (secondary N) is 1. The van der Waals surface area contributed by atoms with Gasteiger partial charge >= 0.3 is 5.97 Å². The van der Waals surface area contributed by atoms with E-state index < -0.39 is 28.0 Å². The summed E-state index contributed by atoms with van der Waals surface area (Å²) in [4.78, 5) is 25.0. The third-order valence-electron chi connectivity index (χ3n) is 6.26. The molecular weight excluding hydrogens is 516 g/mol. The summed E-state index contributed by atoms with van der Waals surface area (Å²) in [5, 5.41) is 2.71. The highest BCUT2D eigenvalue weighted by Gasteiger charge is 2.24. The van der Waals surface area contributed by atoms with Crippen LogP contribution in [-0.4, -0.2) is 43.8 Å². The van der Waals surface area contributed by atoms with Crippen LogP contribution in [0.15, 0.2) is 89.8 Å². The number of rotatable bonds is 9. The van der Waals surface area contributed by atoms with E-state index in [1.54, 1.807) is 40.7 Å². The molecule has 3 aromatic carbocycles. The lowest BCUT2D eigenvalue weighted by Gasteiger charge is -2.19. The number of hydrogen-bond donors (Lipinski definition) is 1. The van der Waals surface area contributed by atoms with Gasteiger partial charge in [0.05, 0.1) is 4.90 Å². The molecule has 1 N–H and O–H groups in total. The van der Waals surface area contributed by atoms with Crippen LogP contribution in [0.2, 0.25) is 0 Å². The van der Waals surface area contributed by atoms with E-state index in [0.29, 0.717) is 35.8 Å². The minimum Gasteiger partial charge on any atom is -0.457 e. The molecule has 1 saturated heterocycles. The van der Waals surface area contributed by atoms with Gasteiger partial charge in [0.1, 0.15) is 11.5 Å². The van der Waals surface area contributed by atoms with Gasteiger partial charge in [-0.3, -0.25) is 4.79 Å². The molecule has 204 valence electrons. The number of carbonyl (C=O) groups is 2. The van der Waals surface area contributed by atoms with Crippen molar-refractivity contribution in [3.05, 3.63) is 90.5 Å². The van der Waals surface area contributed by atoms with Gasteiger partial charge < -0.3 is 14.8 Å². The van der Waals surface area contributed by atoms with Crippen molar-refractivity contribution in [2.24, 2.45) is 0 Å². The standard InChI is InChI=1S/C30H32N2O6S/c1-23(30(34)31-25-14-16-27(17-15-25)38-26-9-5-4-6-10-26)37-29(33)20-13-24-11-18-28(19-12-24)39(35,36)32-21-7-2-3-8-22-32/h4-6,9-20,23H,2-3,7-8,21-22H2,1H3,(H,31,34)/b20-13+/t23-/m1/s1. The number of esters is 1. The van der Waals surface area contributed by atoms with Gasteiger partial charge in [0.15, 0.2) is 6.10 Å². The van der Waals surface area contributed by atoms with E-state index in [1.807, 2.05) is 30.3 Å². The van der Waals surface area contributed by atoms with E-state index in [2.05, 4.69) is 5.32 Å². The number of nitrogens with zero attached hydrogens (tertiary/aromatic N) is 1. The maximum Gasteiger partial charge on any atom is 0.331 e. The number of sulfonamides is 1. The zero-order valence-corrected chi connectivity index (χ0v) is 22.6. The van der Waals surface area contributed by atoms with Crippen molar-refractivity contribution in [2.75, 3.05) is 18.4 Å². The Morgan fingerprint density at radius 1 is 0.846 bits per heavy atom. The largest absolute Gasteiger partial charge is 0.457 e. The van der Waals surface area contributed by atoms with Gasteiger partial charge in [-0.05, 0) is 79.9 Å². The maximum atomic E-state index is 12.9. The predicted molar refractivity (Wildman–Crippen MR) is 150 cm³/mol. The van der Waals surface area contributed by atoms with Crippen molar-refractivity contribution >= 4 is 33.7 Å². The van der Waals surface area contributed by atoms with Crippen LogP contribution < -0.4 is 10.1 Å². The van der Waals surface area contributed by atoms with Crippen molar-refractivity contribution in [3.63, 3.8) is 0 Å². The quantitative estimate of drug-likeness (QED) is 0.275. The smallest absolute Gasteiger partial charge is 0.331 e. The molecule has 1 fully saturated rings. The number of anilines is 1. The number of hydrogen-bond acceptors (Lipinski definition) is 6. The average Bonchev–Trinajstić information content (AvgIpc) is 3.24. The molecule has 0 saturated carbocycles. The summed E-state index contributed by atoms with van der Waals surface area (Å²) in [5.41, 5.74) is 1.17. The van der Waals surface area contributed by atoms with Crippen molar-refractivity contribution in [1.29, 1.82) is 0 Å². The highest BCUT2D eigenvalue weighted by atomic mass is 32.2. The monoisotopic (exact) mass is 548 g/mol. The van der Waals surface area contributed by atoms with E-state index >= 15 is 0 Å². The predicted octanol–water partition coefficient (Wildman–Crippen LogP) is 5.63. The molecule has 0 spiro atoms. The number of carbonyl (C=O) groups excluding carboxylic acids is 2. The Balaban J connectivity index is 1.26. The molecule has 1 aliphatic heterocycles. The highest BCUT2D eigenvalue weighted by molar-refractivity contribution is 7.89. The summed E-state index contributed by atoms with van der Waals surface area (Å²) in [7, 11) is -3.54. The van der Waals surface area contributed by atoms with Gasteiger partial charge in [-0.25, -0.2) is 13.2 Å². The lowest BCUT2D eigenvalue weighted by atomic mass is 10.2. The third kappa shape index (κ3) is 8.02. The van der Waals surface area contributed by atoms with E-state index in [9.17, 15) is 18.0 Å². The summed E-state index contributed by atoms with van der Waals surface area (Å²) in [6.45, 7) is 2.56. The van der Waals surface area contributed by atoms with Crippen LogP contribution in [0.4, 0.5) is 5.69 Å². The van der Waals surface area contributed by atoms with E-state index in [1.165, 1.54) is 31.2 Å². The molecule has 0 aliphatic carbocycles. The van der Waals surface area contributed by atoms with Crippen LogP contribution in [-0.2, 0) is 24.3 Å². The minimum atomic E-state index is -3.54. The van der Waals surface area contributed by atoms with E-state index in [-0.39, 0.29) is 4.90 Å². The first kappa shape index (κ1) is 28.1. The van der Waals surface area contributed by atoms with Crippen LogP contribution in [0.3, 0.4) is 0 Å². The fraction of sp³-hybridized carbons (Fsp3) is 0.267. The number of benzene rings is 3. The Morgan fingerprint density at radius 2 is 1.46 bits per heavy atom. The molecule has 0 radical (unpaired) electrons. The number of para-hydroxylation sites is 1. The second kappa shape index (κ2) is 13.2. The molecule has 1 heterocycles. The minimum absolute atomic E-state index is 0.231. The first-order valence-electron chi connectivity index (χ1n) is 12.9. The lowest BCUT2D eigenvalue weighted by Crippen LogP contribution is -2.31. The Kier molecular flexibility index (Phi) is 9.51. The Bertz CT molecular complexity index is 1380. The second-order valence-corrected chi connectivity index (χ2v) is 11.2. The van der Waals surface area contributed by atoms with E-state index in [0.717, 1.165) is 25.7 Å². The van der Waals surface area contributed by atoms with Gasteiger partial charge in [-0.1, -0.05) is 43.2 Å². The first-order chi connectivity index (χ1) is 18.8. The van der Waals surface area contributed by atoms with Gasteiger partial charge in [0, 0.05) is 24.9 Å². The van der Waals surface area contributed by atoms with Crippen LogP contribution in [0.5, 0.6) is 11.5 Å². The zero-order valence-electron chi connectivity index (χ0n) is 21.8. The Morgan fingerprint density at radius 3 is 2.10 bits per heavy atom. The van der Waals surface area contributed by atoms with Crippen LogP contribution in [0.25, 0.3) is 6.08 Å². The van der Waals surface area contributed by atoms with Crippen LogP contribution in [0, 0.1) is 0 Å². The van der Waals surface area contributed by atoms with Crippen molar-refractivity contribution in [1.82, 2.24) is 4.31 Å². The molecule has 0 unspecified atom stereocenters. The van der Waals surface area contributed by atoms with Gasteiger partial charge in [-0.2, -0.15) is 4.31 Å². The molecule has 0 aromatic heterocycles. The van der Waals surface area contributed by atoms with Gasteiger partial charge in [0.2, 0.25) is 10.0 Å². The SMILES string of the molecule is C[C@@H](OC(=O)/C=C/c1ccc(S(=O)(=O)N2CCCCCC2)cc1)C(=O)Nc1ccc(Oc2ccccc2)cc1. The van der Waals surface area contributed by atoms with E-state index in [4.69, 9.17) is 9.47 Å². The first-order valence-corrected chi connectivity index (χ1v) is 14.4. The van der Waals surface area contributed by atoms with Crippen LogP contribution in [0.1, 0.15) is 38.2 Å². The molecule has 1 atom stereocenters. The summed E-state index contributed by atoms with van der Waals surface area (Å²) in [6, 6.07) is 22.5. The lowest BCUT2D eigenvalue weighted by molar-refractivity contribution is -0.148. The van der Waals surface area contributed by atoms with Gasteiger partial charge in [-0.15, -0.1) is 0 Å². The fourth-order valence-electron chi connectivity index (χ4n) is 4.09.